The Morgan fingerprint density at radius 3 is 2.60 bits per heavy atom. The van der Waals surface area contributed by atoms with Crippen molar-refractivity contribution in [2.24, 2.45) is 17.8 Å². The summed E-state index contributed by atoms with van der Waals surface area (Å²) in [5.41, 5.74) is 0.582. The summed E-state index contributed by atoms with van der Waals surface area (Å²) in [6.07, 6.45) is 6.47. The van der Waals surface area contributed by atoms with Gasteiger partial charge in [0.2, 0.25) is 5.91 Å². The monoisotopic (exact) mass is 362 g/mol. The highest BCUT2D eigenvalue weighted by atomic mass is 35.5. The quantitative estimate of drug-likeness (QED) is 0.725. The number of halogens is 1. The summed E-state index contributed by atoms with van der Waals surface area (Å²) in [5, 5.41) is 6.62. The molecule has 0 saturated heterocycles. The Hall–Kier alpha value is -1.55. The predicted octanol–water partition coefficient (Wildman–Crippen LogP) is 3.79. The molecule has 1 aromatic rings. The average Bonchev–Trinajstić information content (AvgIpc) is 3.22. The van der Waals surface area contributed by atoms with Gasteiger partial charge in [0.1, 0.15) is 0 Å². The number of rotatable bonds is 7. The van der Waals surface area contributed by atoms with Crippen LogP contribution in [0.25, 0.3) is 0 Å². The zero-order valence-electron chi connectivity index (χ0n) is 14.8. The summed E-state index contributed by atoms with van der Waals surface area (Å²) in [7, 11) is 0. The first kappa shape index (κ1) is 18.2. The molecule has 0 unspecified atom stereocenters. The highest BCUT2D eigenvalue weighted by Crippen LogP contribution is 2.49. The third-order valence-electron chi connectivity index (χ3n) is 5.80. The van der Waals surface area contributed by atoms with Crippen molar-refractivity contribution in [2.75, 3.05) is 6.54 Å². The highest BCUT2D eigenvalue weighted by Gasteiger charge is 2.41. The van der Waals surface area contributed by atoms with E-state index in [0.29, 0.717) is 35.9 Å². The van der Waals surface area contributed by atoms with E-state index in [9.17, 15) is 9.59 Å². The van der Waals surface area contributed by atoms with Gasteiger partial charge in [-0.1, -0.05) is 18.0 Å². The summed E-state index contributed by atoms with van der Waals surface area (Å²) in [6.45, 7) is 2.64. The van der Waals surface area contributed by atoms with Crippen LogP contribution in [-0.4, -0.2) is 24.4 Å². The molecule has 136 valence electrons. The lowest BCUT2D eigenvalue weighted by atomic mass is 9.84. The molecule has 2 fully saturated rings. The Balaban J connectivity index is 1.32. The van der Waals surface area contributed by atoms with Gasteiger partial charge in [-0.05, 0) is 74.6 Å². The standard InChI is InChI=1S/C20H27ClN2O2/c1-13(18-12-14-4-5-16(18)11-14)23-19(24)3-2-10-22-20(25)15-6-8-17(21)9-7-15/h6-9,13-14,16,18H,2-5,10-12H2,1H3,(H,22,25)(H,23,24)/t13-,14+,16+,18+/m1/s1. The fourth-order valence-electron chi connectivity index (χ4n) is 4.49. The van der Waals surface area contributed by atoms with E-state index in [1.165, 1.54) is 25.7 Å². The van der Waals surface area contributed by atoms with Crippen LogP contribution in [0.1, 0.15) is 55.8 Å². The van der Waals surface area contributed by atoms with Crippen molar-refractivity contribution in [2.45, 2.75) is 51.5 Å². The number of hydrogen-bond acceptors (Lipinski definition) is 2. The topological polar surface area (TPSA) is 58.2 Å². The van der Waals surface area contributed by atoms with E-state index in [-0.39, 0.29) is 17.9 Å². The summed E-state index contributed by atoms with van der Waals surface area (Å²) in [6, 6.07) is 7.05. The van der Waals surface area contributed by atoms with E-state index in [4.69, 9.17) is 11.6 Å². The van der Waals surface area contributed by atoms with Crippen molar-refractivity contribution in [1.29, 1.82) is 0 Å². The van der Waals surface area contributed by atoms with Crippen LogP contribution in [0.15, 0.2) is 24.3 Å². The lowest BCUT2D eigenvalue weighted by Gasteiger charge is -2.28. The molecule has 0 radical (unpaired) electrons. The lowest BCUT2D eigenvalue weighted by molar-refractivity contribution is -0.122. The second-order valence-corrected chi connectivity index (χ2v) is 8.00. The third-order valence-corrected chi connectivity index (χ3v) is 6.05. The second kappa shape index (κ2) is 8.22. The summed E-state index contributed by atoms with van der Waals surface area (Å²) in [5.74, 6) is 2.34. The molecule has 25 heavy (non-hydrogen) atoms. The van der Waals surface area contributed by atoms with Crippen molar-refractivity contribution in [3.63, 3.8) is 0 Å². The van der Waals surface area contributed by atoms with Crippen LogP contribution in [0.5, 0.6) is 0 Å². The maximum Gasteiger partial charge on any atom is 0.251 e. The van der Waals surface area contributed by atoms with E-state index >= 15 is 0 Å². The van der Waals surface area contributed by atoms with Gasteiger partial charge in [-0.15, -0.1) is 0 Å². The Morgan fingerprint density at radius 2 is 1.96 bits per heavy atom. The Kier molecular flexibility index (Phi) is 6.00. The number of benzene rings is 1. The Morgan fingerprint density at radius 1 is 1.20 bits per heavy atom. The van der Waals surface area contributed by atoms with Crippen LogP contribution >= 0.6 is 11.6 Å². The Labute approximate surface area is 154 Å². The third kappa shape index (κ3) is 4.75. The largest absolute Gasteiger partial charge is 0.353 e. The van der Waals surface area contributed by atoms with Crippen molar-refractivity contribution >= 4 is 23.4 Å². The molecule has 2 amide bonds. The van der Waals surface area contributed by atoms with E-state index in [1.54, 1.807) is 24.3 Å². The molecular formula is C20H27ClN2O2. The summed E-state index contributed by atoms with van der Waals surface area (Å²) < 4.78 is 0. The molecule has 4 nitrogen and oxygen atoms in total. The lowest BCUT2D eigenvalue weighted by Crippen LogP contribution is -2.40. The predicted molar refractivity (Wildman–Crippen MR) is 99.6 cm³/mol. The minimum Gasteiger partial charge on any atom is -0.353 e. The van der Waals surface area contributed by atoms with E-state index in [1.807, 2.05) is 0 Å². The first-order valence-corrected chi connectivity index (χ1v) is 9.74. The molecular weight excluding hydrogens is 336 g/mol. The molecule has 5 heteroatoms. The van der Waals surface area contributed by atoms with Crippen molar-refractivity contribution in [3.8, 4) is 0 Å². The molecule has 1 aromatic carbocycles. The molecule has 2 bridgehead atoms. The van der Waals surface area contributed by atoms with Crippen LogP contribution in [0.2, 0.25) is 5.02 Å². The van der Waals surface area contributed by atoms with E-state index < -0.39 is 0 Å². The molecule has 0 spiro atoms. The fraction of sp³-hybridized carbons (Fsp3) is 0.600. The molecule has 2 aliphatic carbocycles. The first-order valence-electron chi connectivity index (χ1n) is 9.36. The van der Waals surface area contributed by atoms with E-state index in [0.717, 1.165) is 11.8 Å². The molecule has 4 atom stereocenters. The maximum absolute atomic E-state index is 12.1. The van der Waals surface area contributed by atoms with Gasteiger partial charge in [0.15, 0.2) is 0 Å². The van der Waals surface area contributed by atoms with Crippen molar-refractivity contribution < 1.29 is 9.59 Å². The van der Waals surface area contributed by atoms with Gasteiger partial charge in [-0.2, -0.15) is 0 Å². The highest BCUT2D eigenvalue weighted by molar-refractivity contribution is 6.30. The number of amides is 2. The smallest absolute Gasteiger partial charge is 0.251 e. The van der Waals surface area contributed by atoms with Gasteiger partial charge in [-0.3, -0.25) is 9.59 Å². The maximum atomic E-state index is 12.1. The molecule has 0 aliphatic heterocycles. The normalized spacial score (nSPS) is 25.6. The molecule has 3 rings (SSSR count). The zero-order chi connectivity index (χ0) is 17.8. The molecule has 2 saturated carbocycles. The number of fused-ring (bicyclic) bond motifs is 2. The molecule has 0 aromatic heterocycles. The minimum absolute atomic E-state index is 0.0935. The van der Waals surface area contributed by atoms with Crippen LogP contribution < -0.4 is 10.6 Å². The Bertz CT molecular complexity index is 617. The van der Waals surface area contributed by atoms with Crippen molar-refractivity contribution in [3.05, 3.63) is 34.9 Å². The van der Waals surface area contributed by atoms with Crippen LogP contribution in [0.4, 0.5) is 0 Å². The zero-order valence-corrected chi connectivity index (χ0v) is 15.5. The van der Waals surface area contributed by atoms with Gasteiger partial charge in [0.25, 0.3) is 5.91 Å². The number of carbonyl (C=O) groups excluding carboxylic acids is 2. The van der Waals surface area contributed by atoms with E-state index in [2.05, 4.69) is 17.6 Å². The fourth-order valence-corrected chi connectivity index (χ4v) is 4.62. The summed E-state index contributed by atoms with van der Waals surface area (Å²) >= 11 is 5.81. The second-order valence-electron chi connectivity index (χ2n) is 7.56. The molecule has 2 aliphatic rings. The first-order chi connectivity index (χ1) is 12.0. The SMILES string of the molecule is C[C@@H](NC(=O)CCCNC(=O)c1ccc(Cl)cc1)[C@@H]1C[C@H]2CC[C@H]1C2. The number of nitrogens with one attached hydrogen (secondary N) is 2. The van der Waals surface area contributed by atoms with Gasteiger partial charge in [0.05, 0.1) is 0 Å². The average molecular weight is 363 g/mol. The molecule has 2 N–H and O–H groups in total. The van der Waals surface area contributed by atoms with Crippen LogP contribution in [-0.2, 0) is 4.79 Å². The van der Waals surface area contributed by atoms with Gasteiger partial charge in [-0.25, -0.2) is 0 Å². The summed E-state index contributed by atoms with van der Waals surface area (Å²) in [4.78, 5) is 24.1. The van der Waals surface area contributed by atoms with Crippen LogP contribution in [0, 0.1) is 17.8 Å². The number of hydrogen-bond donors (Lipinski definition) is 2. The van der Waals surface area contributed by atoms with Gasteiger partial charge < -0.3 is 10.6 Å². The number of carbonyl (C=O) groups is 2. The van der Waals surface area contributed by atoms with Gasteiger partial charge in [0, 0.05) is 29.6 Å². The van der Waals surface area contributed by atoms with Gasteiger partial charge >= 0.3 is 0 Å². The van der Waals surface area contributed by atoms with Crippen molar-refractivity contribution in [1.82, 2.24) is 10.6 Å². The molecule has 0 heterocycles. The minimum atomic E-state index is -0.132. The van der Waals surface area contributed by atoms with Crippen LogP contribution in [0.3, 0.4) is 0 Å².